The van der Waals surface area contributed by atoms with Gasteiger partial charge in [0.1, 0.15) is 12.0 Å². The van der Waals surface area contributed by atoms with Gasteiger partial charge in [-0.3, -0.25) is 4.79 Å². The third-order valence-corrected chi connectivity index (χ3v) is 3.63. The molecular weight excluding hydrogens is 299 g/mol. The van der Waals surface area contributed by atoms with E-state index in [4.69, 9.17) is 0 Å². The number of nitrogens with one attached hydrogen (secondary N) is 1. The van der Waals surface area contributed by atoms with Crippen molar-refractivity contribution in [2.45, 2.75) is 6.18 Å². The molecule has 0 bridgehead atoms. The molecule has 0 spiro atoms. The van der Waals surface area contributed by atoms with Gasteiger partial charge in [-0.25, -0.2) is 9.97 Å². The number of nitrogens with zero attached hydrogens (tertiary/aromatic N) is 4. The van der Waals surface area contributed by atoms with E-state index in [1.807, 2.05) is 0 Å². The first-order chi connectivity index (χ1) is 10.2. The van der Waals surface area contributed by atoms with Crippen LogP contribution in [0.4, 0.5) is 24.7 Å². The highest BCUT2D eigenvalue weighted by Gasteiger charge is 2.51. The third-order valence-electron chi connectivity index (χ3n) is 3.63. The van der Waals surface area contributed by atoms with Gasteiger partial charge in [-0.05, 0) is 7.05 Å². The maximum atomic E-state index is 13.1. The predicted molar refractivity (Wildman–Crippen MR) is 75.5 cm³/mol. The first kappa shape index (κ1) is 16.5. The quantitative estimate of drug-likeness (QED) is 0.908. The van der Waals surface area contributed by atoms with Gasteiger partial charge in [0.2, 0.25) is 5.91 Å². The van der Waals surface area contributed by atoms with Gasteiger partial charge < -0.3 is 15.1 Å². The summed E-state index contributed by atoms with van der Waals surface area (Å²) in [5, 5.41) is 2.52. The lowest BCUT2D eigenvalue weighted by Gasteiger charge is -2.22. The third kappa shape index (κ3) is 3.46. The Bertz CT molecular complexity index is 549. The molecule has 1 amide bonds. The van der Waals surface area contributed by atoms with Crippen LogP contribution in [0.2, 0.25) is 0 Å². The monoisotopic (exact) mass is 317 g/mol. The highest BCUT2D eigenvalue weighted by molar-refractivity contribution is 5.95. The zero-order valence-electron chi connectivity index (χ0n) is 12.6. The van der Waals surface area contributed by atoms with E-state index in [9.17, 15) is 18.0 Å². The number of hydrogen-bond acceptors (Lipinski definition) is 5. The molecule has 0 aromatic carbocycles. The molecule has 6 nitrogen and oxygen atoms in total. The zero-order chi connectivity index (χ0) is 16.5. The highest BCUT2D eigenvalue weighted by atomic mass is 19.4. The van der Waals surface area contributed by atoms with E-state index in [0.717, 1.165) is 0 Å². The second-order valence-corrected chi connectivity index (χ2v) is 5.62. The summed E-state index contributed by atoms with van der Waals surface area (Å²) in [5.74, 6) is -3.02. The van der Waals surface area contributed by atoms with Crippen molar-refractivity contribution in [3.63, 3.8) is 0 Å². The van der Waals surface area contributed by atoms with Crippen molar-refractivity contribution >= 4 is 17.4 Å². The molecule has 0 saturated carbocycles. The van der Waals surface area contributed by atoms with Gasteiger partial charge in [-0.1, -0.05) is 0 Å². The van der Waals surface area contributed by atoms with Gasteiger partial charge >= 0.3 is 6.18 Å². The van der Waals surface area contributed by atoms with Crippen molar-refractivity contribution in [2.24, 2.45) is 11.8 Å². The van der Waals surface area contributed by atoms with Crippen LogP contribution < -0.4 is 10.2 Å². The van der Waals surface area contributed by atoms with Crippen LogP contribution in [-0.4, -0.2) is 61.2 Å². The minimum Gasteiger partial charge on any atom is -0.361 e. The van der Waals surface area contributed by atoms with Crippen molar-refractivity contribution in [2.75, 3.05) is 44.4 Å². The normalized spacial score (nSPS) is 22.6. The van der Waals surface area contributed by atoms with E-state index in [1.165, 1.54) is 17.4 Å². The van der Waals surface area contributed by atoms with Crippen molar-refractivity contribution in [3.8, 4) is 0 Å². The van der Waals surface area contributed by atoms with Gasteiger partial charge in [-0.2, -0.15) is 13.2 Å². The van der Waals surface area contributed by atoms with Crippen LogP contribution in [0.5, 0.6) is 0 Å². The van der Waals surface area contributed by atoms with Crippen LogP contribution in [-0.2, 0) is 4.79 Å². The number of aromatic nitrogens is 2. The van der Waals surface area contributed by atoms with E-state index >= 15 is 0 Å². The fraction of sp³-hybridized carbons (Fsp3) is 0.615. The zero-order valence-corrected chi connectivity index (χ0v) is 12.6. The maximum Gasteiger partial charge on any atom is 0.393 e. The largest absolute Gasteiger partial charge is 0.393 e. The van der Waals surface area contributed by atoms with Gasteiger partial charge in [-0.15, -0.1) is 0 Å². The van der Waals surface area contributed by atoms with Crippen LogP contribution in [0.1, 0.15) is 0 Å². The highest BCUT2D eigenvalue weighted by Crippen LogP contribution is 2.37. The number of halogens is 3. The molecule has 122 valence electrons. The van der Waals surface area contributed by atoms with Crippen LogP contribution in [0, 0.1) is 11.8 Å². The lowest BCUT2D eigenvalue weighted by Crippen LogP contribution is -2.37. The molecule has 2 heterocycles. The Labute approximate surface area is 126 Å². The number of likely N-dealkylation sites (tertiary alicyclic amines) is 1. The van der Waals surface area contributed by atoms with E-state index in [-0.39, 0.29) is 13.1 Å². The van der Waals surface area contributed by atoms with Crippen LogP contribution >= 0.6 is 0 Å². The smallest absolute Gasteiger partial charge is 0.361 e. The van der Waals surface area contributed by atoms with Gasteiger partial charge in [0.15, 0.2) is 5.82 Å². The molecule has 0 aliphatic carbocycles. The first-order valence-corrected chi connectivity index (χ1v) is 6.73. The van der Waals surface area contributed by atoms with E-state index in [1.54, 1.807) is 26.0 Å². The summed E-state index contributed by atoms with van der Waals surface area (Å²) < 4.78 is 39.2. The molecule has 9 heteroatoms. The van der Waals surface area contributed by atoms with E-state index in [2.05, 4.69) is 15.3 Å². The molecular formula is C13H18F3N5O. The second kappa shape index (κ2) is 6.07. The Hall–Kier alpha value is -1.90. The summed E-state index contributed by atoms with van der Waals surface area (Å²) in [6.45, 7) is -0.103. The lowest BCUT2D eigenvalue weighted by molar-refractivity contribution is -0.182. The summed E-state index contributed by atoms with van der Waals surface area (Å²) in [7, 11) is 5.02. The molecule has 1 fully saturated rings. The minimum atomic E-state index is -4.40. The second-order valence-electron chi connectivity index (χ2n) is 5.62. The molecule has 0 radical (unpaired) electrons. The van der Waals surface area contributed by atoms with Crippen LogP contribution in [0.3, 0.4) is 0 Å². The standard InChI is InChI=1S/C13H18F3N5O/c1-20(2)11-10(4-17-7-18-11)19-12(22)8-5-21(3)6-9(8)13(14,15)16/h4,7-9H,5-6H2,1-3H3,(H,19,22)/t8-,9-/m1/s1. The molecule has 1 aromatic heterocycles. The molecule has 2 atom stereocenters. The van der Waals surface area contributed by atoms with Crippen molar-refractivity contribution in [1.29, 1.82) is 0 Å². The Kier molecular flexibility index (Phi) is 4.55. The number of carbonyl (C=O) groups is 1. The Morgan fingerprint density at radius 1 is 1.41 bits per heavy atom. The molecule has 22 heavy (non-hydrogen) atoms. The number of hydrogen-bond donors (Lipinski definition) is 1. The summed E-state index contributed by atoms with van der Waals surface area (Å²) in [6.07, 6.45) is -1.71. The summed E-state index contributed by atoms with van der Waals surface area (Å²) in [5.41, 5.74) is 0.299. The molecule has 2 rings (SSSR count). The Morgan fingerprint density at radius 2 is 2.09 bits per heavy atom. The predicted octanol–water partition coefficient (Wildman–Crippen LogP) is 1.22. The van der Waals surface area contributed by atoms with Gasteiger partial charge in [0, 0.05) is 27.2 Å². The summed E-state index contributed by atoms with van der Waals surface area (Å²) >= 11 is 0. The number of carbonyl (C=O) groups excluding carboxylic acids is 1. The van der Waals surface area contributed by atoms with E-state index < -0.39 is 23.9 Å². The molecule has 1 aliphatic rings. The maximum absolute atomic E-state index is 13.1. The number of alkyl halides is 3. The summed E-state index contributed by atoms with van der Waals surface area (Å²) in [4.78, 5) is 23.3. The average Bonchev–Trinajstić information content (AvgIpc) is 2.81. The molecule has 1 aliphatic heterocycles. The molecule has 1 N–H and O–H groups in total. The number of anilines is 2. The van der Waals surface area contributed by atoms with Crippen molar-refractivity contribution < 1.29 is 18.0 Å². The van der Waals surface area contributed by atoms with Crippen LogP contribution in [0.15, 0.2) is 12.5 Å². The number of rotatable bonds is 3. The van der Waals surface area contributed by atoms with E-state index in [0.29, 0.717) is 11.5 Å². The number of amides is 1. The molecule has 0 unspecified atom stereocenters. The summed E-state index contributed by atoms with van der Waals surface area (Å²) in [6, 6.07) is 0. The van der Waals surface area contributed by atoms with Gasteiger partial charge in [0.05, 0.1) is 18.0 Å². The van der Waals surface area contributed by atoms with Crippen LogP contribution in [0.25, 0.3) is 0 Å². The average molecular weight is 317 g/mol. The van der Waals surface area contributed by atoms with Gasteiger partial charge in [0.25, 0.3) is 0 Å². The topological polar surface area (TPSA) is 61.4 Å². The van der Waals surface area contributed by atoms with Crippen molar-refractivity contribution in [3.05, 3.63) is 12.5 Å². The fourth-order valence-corrected chi connectivity index (χ4v) is 2.59. The minimum absolute atomic E-state index is 0.0704. The Morgan fingerprint density at radius 3 is 2.68 bits per heavy atom. The molecule has 1 saturated heterocycles. The fourth-order valence-electron chi connectivity index (χ4n) is 2.59. The Balaban J connectivity index is 2.18. The lowest BCUT2D eigenvalue weighted by atomic mass is 9.94. The van der Waals surface area contributed by atoms with Crippen molar-refractivity contribution in [1.82, 2.24) is 14.9 Å². The first-order valence-electron chi connectivity index (χ1n) is 6.73. The SMILES string of the molecule is CN1C[C@@H](C(F)(F)F)[C@H](C(=O)Nc2cncnc2N(C)C)C1. The molecule has 1 aromatic rings.